The minimum Gasteiger partial charge on any atom is -0.484 e. The second kappa shape index (κ2) is 9.78. The second-order valence-corrected chi connectivity index (χ2v) is 7.08. The molecule has 1 aromatic heterocycles. The van der Waals surface area contributed by atoms with Gasteiger partial charge >= 0.3 is 6.18 Å². The molecular formula is C21H26F3N3O. The molecule has 1 N–H and O–H groups in total. The molecule has 0 radical (unpaired) electrons. The zero-order valence-electron chi connectivity index (χ0n) is 15.8. The SMILES string of the molecule is FC(F)(F)COc1cccc(CNCc2ccc(N3CCCCCC3)nc2)c1. The number of halogens is 3. The van der Waals surface area contributed by atoms with E-state index in [1.165, 1.54) is 31.7 Å². The molecule has 0 bridgehead atoms. The van der Waals surface area contributed by atoms with Crippen LogP contribution in [0.1, 0.15) is 36.8 Å². The molecule has 1 saturated heterocycles. The molecule has 1 aliphatic rings. The molecule has 0 saturated carbocycles. The van der Waals surface area contributed by atoms with Crippen LogP contribution in [-0.2, 0) is 13.1 Å². The van der Waals surface area contributed by atoms with Crippen LogP contribution in [0.2, 0.25) is 0 Å². The molecule has 0 spiro atoms. The normalized spacial score (nSPS) is 15.3. The van der Waals surface area contributed by atoms with Crippen LogP contribution in [0.15, 0.2) is 42.6 Å². The van der Waals surface area contributed by atoms with E-state index in [0.717, 1.165) is 30.0 Å². The Morgan fingerprint density at radius 3 is 2.39 bits per heavy atom. The quantitative estimate of drug-likeness (QED) is 0.740. The lowest BCUT2D eigenvalue weighted by atomic mass is 10.2. The first-order valence-electron chi connectivity index (χ1n) is 9.69. The molecule has 2 heterocycles. The number of hydrogen-bond acceptors (Lipinski definition) is 4. The molecule has 1 aromatic carbocycles. The number of rotatable bonds is 7. The summed E-state index contributed by atoms with van der Waals surface area (Å²) in [6.07, 6.45) is 2.58. The largest absolute Gasteiger partial charge is 0.484 e. The fourth-order valence-electron chi connectivity index (χ4n) is 3.27. The monoisotopic (exact) mass is 393 g/mol. The van der Waals surface area contributed by atoms with E-state index in [9.17, 15) is 13.2 Å². The summed E-state index contributed by atoms with van der Waals surface area (Å²) in [5.41, 5.74) is 1.94. The summed E-state index contributed by atoms with van der Waals surface area (Å²) in [6, 6.07) is 10.8. The molecule has 1 aliphatic heterocycles. The highest BCUT2D eigenvalue weighted by molar-refractivity contribution is 5.39. The van der Waals surface area contributed by atoms with E-state index in [4.69, 9.17) is 4.74 Å². The lowest BCUT2D eigenvalue weighted by molar-refractivity contribution is -0.153. The van der Waals surface area contributed by atoms with Gasteiger partial charge in [0.05, 0.1) is 0 Å². The Labute approximate surface area is 163 Å². The average Bonchev–Trinajstić information content (AvgIpc) is 2.96. The number of aromatic nitrogens is 1. The Kier molecular flexibility index (Phi) is 7.14. The van der Waals surface area contributed by atoms with Crippen molar-refractivity contribution in [3.63, 3.8) is 0 Å². The van der Waals surface area contributed by atoms with Crippen LogP contribution in [-0.4, -0.2) is 30.9 Å². The lowest BCUT2D eigenvalue weighted by Gasteiger charge is -2.21. The zero-order valence-corrected chi connectivity index (χ0v) is 15.8. The highest BCUT2D eigenvalue weighted by Gasteiger charge is 2.28. The first kappa shape index (κ1) is 20.5. The minimum atomic E-state index is -4.33. The molecule has 4 nitrogen and oxygen atoms in total. The summed E-state index contributed by atoms with van der Waals surface area (Å²) < 4.78 is 41.5. The van der Waals surface area contributed by atoms with Gasteiger partial charge in [-0.1, -0.05) is 31.0 Å². The van der Waals surface area contributed by atoms with E-state index < -0.39 is 12.8 Å². The third-order valence-electron chi connectivity index (χ3n) is 4.70. The van der Waals surface area contributed by atoms with Crippen LogP contribution in [0.5, 0.6) is 5.75 Å². The molecular weight excluding hydrogens is 367 g/mol. The summed E-state index contributed by atoms with van der Waals surface area (Å²) in [7, 11) is 0. The van der Waals surface area contributed by atoms with Crippen LogP contribution in [0.3, 0.4) is 0 Å². The van der Waals surface area contributed by atoms with Gasteiger partial charge in [-0.05, 0) is 42.2 Å². The number of hydrogen-bond donors (Lipinski definition) is 1. The molecule has 1 fully saturated rings. The third kappa shape index (κ3) is 6.71. The fourth-order valence-corrected chi connectivity index (χ4v) is 3.27. The summed E-state index contributed by atoms with van der Waals surface area (Å²) >= 11 is 0. The number of nitrogens with zero attached hydrogens (tertiary/aromatic N) is 2. The van der Waals surface area contributed by atoms with Gasteiger partial charge in [0, 0.05) is 32.4 Å². The first-order chi connectivity index (χ1) is 13.5. The number of alkyl halides is 3. The second-order valence-electron chi connectivity index (χ2n) is 7.08. The predicted molar refractivity (Wildman–Crippen MR) is 103 cm³/mol. The molecule has 0 amide bonds. The molecule has 3 rings (SSSR count). The topological polar surface area (TPSA) is 37.4 Å². The molecule has 0 aliphatic carbocycles. The van der Waals surface area contributed by atoms with Gasteiger partial charge in [-0.25, -0.2) is 4.98 Å². The molecule has 2 aromatic rings. The van der Waals surface area contributed by atoms with Crippen molar-refractivity contribution in [2.24, 2.45) is 0 Å². The van der Waals surface area contributed by atoms with Crippen molar-refractivity contribution in [3.8, 4) is 5.75 Å². The van der Waals surface area contributed by atoms with Crippen LogP contribution in [0.4, 0.5) is 19.0 Å². The molecule has 0 atom stereocenters. The van der Waals surface area contributed by atoms with Crippen LogP contribution in [0.25, 0.3) is 0 Å². The minimum absolute atomic E-state index is 0.222. The maximum atomic E-state index is 12.3. The van der Waals surface area contributed by atoms with Gasteiger partial charge in [0.15, 0.2) is 6.61 Å². The van der Waals surface area contributed by atoms with Crippen molar-refractivity contribution in [2.75, 3.05) is 24.6 Å². The van der Waals surface area contributed by atoms with Crippen molar-refractivity contribution in [1.29, 1.82) is 0 Å². The number of ether oxygens (including phenoxy) is 1. The Morgan fingerprint density at radius 2 is 1.71 bits per heavy atom. The van der Waals surface area contributed by atoms with E-state index in [2.05, 4.69) is 27.3 Å². The zero-order chi connectivity index (χ0) is 19.8. The van der Waals surface area contributed by atoms with Gasteiger partial charge in [-0.3, -0.25) is 0 Å². The summed E-state index contributed by atoms with van der Waals surface area (Å²) in [6.45, 7) is 2.03. The Balaban J connectivity index is 1.47. The van der Waals surface area contributed by atoms with Crippen LogP contribution >= 0.6 is 0 Å². The highest BCUT2D eigenvalue weighted by atomic mass is 19.4. The first-order valence-corrected chi connectivity index (χ1v) is 9.69. The van der Waals surface area contributed by atoms with Gasteiger partial charge in [-0.2, -0.15) is 13.2 Å². The van der Waals surface area contributed by atoms with E-state index in [1.807, 2.05) is 12.3 Å². The van der Waals surface area contributed by atoms with Gasteiger partial charge in [0.1, 0.15) is 11.6 Å². The Hall–Kier alpha value is -2.28. The predicted octanol–water partition coefficient (Wildman–Crippen LogP) is 4.69. The van der Waals surface area contributed by atoms with Gasteiger partial charge in [0.2, 0.25) is 0 Å². The van der Waals surface area contributed by atoms with Crippen molar-refractivity contribution in [2.45, 2.75) is 44.9 Å². The van der Waals surface area contributed by atoms with Crippen LogP contribution < -0.4 is 15.0 Å². The maximum Gasteiger partial charge on any atom is 0.422 e. The molecule has 152 valence electrons. The lowest BCUT2D eigenvalue weighted by Crippen LogP contribution is -2.24. The molecule has 7 heteroatoms. The Morgan fingerprint density at radius 1 is 0.964 bits per heavy atom. The van der Waals surface area contributed by atoms with Gasteiger partial charge in [0.25, 0.3) is 0 Å². The van der Waals surface area contributed by atoms with Gasteiger partial charge < -0.3 is 15.0 Å². The van der Waals surface area contributed by atoms with E-state index in [0.29, 0.717) is 13.1 Å². The van der Waals surface area contributed by atoms with Gasteiger partial charge in [-0.15, -0.1) is 0 Å². The van der Waals surface area contributed by atoms with Crippen molar-refractivity contribution < 1.29 is 17.9 Å². The Bertz CT molecular complexity index is 726. The summed E-state index contributed by atoms with van der Waals surface area (Å²) in [5, 5.41) is 3.30. The summed E-state index contributed by atoms with van der Waals surface area (Å²) in [5.74, 6) is 1.25. The summed E-state index contributed by atoms with van der Waals surface area (Å²) in [4.78, 5) is 6.93. The smallest absolute Gasteiger partial charge is 0.422 e. The standard InChI is InChI=1S/C21H26F3N3O/c22-21(23,24)16-28-19-7-5-6-17(12-19)13-25-14-18-8-9-20(26-15-18)27-10-3-1-2-4-11-27/h5-9,12,15,25H,1-4,10-11,13-14,16H2. The van der Waals surface area contributed by atoms with E-state index in [-0.39, 0.29) is 5.75 Å². The number of anilines is 1. The molecule has 0 unspecified atom stereocenters. The van der Waals surface area contributed by atoms with Crippen LogP contribution in [0, 0.1) is 0 Å². The average molecular weight is 393 g/mol. The number of nitrogens with one attached hydrogen (secondary N) is 1. The van der Waals surface area contributed by atoms with Crippen molar-refractivity contribution in [1.82, 2.24) is 10.3 Å². The number of benzene rings is 1. The maximum absolute atomic E-state index is 12.3. The van der Waals surface area contributed by atoms with E-state index >= 15 is 0 Å². The van der Waals surface area contributed by atoms with E-state index in [1.54, 1.807) is 12.1 Å². The highest BCUT2D eigenvalue weighted by Crippen LogP contribution is 2.20. The molecule has 28 heavy (non-hydrogen) atoms. The van der Waals surface area contributed by atoms with Crippen molar-refractivity contribution in [3.05, 3.63) is 53.7 Å². The van der Waals surface area contributed by atoms with Crippen molar-refractivity contribution >= 4 is 5.82 Å². The fraction of sp³-hybridized carbons (Fsp3) is 0.476. The third-order valence-corrected chi connectivity index (χ3v) is 4.70. The number of pyridine rings is 1.